The minimum atomic E-state index is -1.36. The summed E-state index contributed by atoms with van der Waals surface area (Å²) in [6.45, 7) is 1.70. The zero-order valence-electron chi connectivity index (χ0n) is 18.0. The van der Waals surface area contributed by atoms with Crippen LogP contribution in [0.25, 0.3) is 22.5 Å². The summed E-state index contributed by atoms with van der Waals surface area (Å²) in [5.74, 6) is -3.60. The molecule has 2 aromatic heterocycles. The molecular weight excluding hydrogens is 436 g/mol. The number of hydrogen-bond acceptors (Lipinski definition) is 5. The van der Waals surface area contributed by atoms with Gasteiger partial charge in [-0.25, -0.2) is 19.4 Å². The monoisotopic (exact) mass is 456 g/mol. The molecule has 170 valence electrons. The van der Waals surface area contributed by atoms with E-state index >= 15 is 0 Å². The van der Waals surface area contributed by atoms with Gasteiger partial charge in [0.2, 0.25) is 0 Å². The Morgan fingerprint density at radius 3 is 1.41 bits per heavy atom. The van der Waals surface area contributed by atoms with E-state index in [1.54, 1.807) is 43.3 Å². The van der Waals surface area contributed by atoms with Crippen LogP contribution in [-0.4, -0.2) is 43.2 Å². The number of nitrogens with zero attached hydrogens (tertiary/aromatic N) is 2. The number of aromatic carboxylic acids is 3. The lowest BCUT2D eigenvalue weighted by Crippen LogP contribution is -2.10. The third-order valence-electron chi connectivity index (χ3n) is 4.78. The molecule has 0 aliphatic carbocycles. The van der Waals surface area contributed by atoms with E-state index in [1.165, 1.54) is 12.1 Å². The predicted molar refractivity (Wildman–Crippen MR) is 125 cm³/mol. The molecule has 0 saturated heterocycles. The van der Waals surface area contributed by atoms with Gasteiger partial charge in [0.1, 0.15) is 0 Å². The van der Waals surface area contributed by atoms with Crippen molar-refractivity contribution in [1.82, 2.24) is 9.97 Å². The van der Waals surface area contributed by atoms with Gasteiger partial charge in [0.15, 0.2) is 5.69 Å². The highest BCUT2D eigenvalue weighted by Gasteiger charge is 2.18. The number of benzene rings is 2. The molecule has 0 fully saturated rings. The van der Waals surface area contributed by atoms with Gasteiger partial charge in [-0.15, -0.1) is 0 Å². The Labute approximate surface area is 194 Å². The average molecular weight is 456 g/mol. The Bertz CT molecular complexity index is 1340. The van der Waals surface area contributed by atoms with E-state index in [-0.39, 0.29) is 11.1 Å². The third-order valence-corrected chi connectivity index (χ3v) is 4.78. The van der Waals surface area contributed by atoms with Crippen LogP contribution in [0.2, 0.25) is 0 Å². The maximum absolute atomic E-state index is 11.0. The Morgan fingerprint density at radius 1 is 0.559 bits per heavy atom. The fraction of sp³-hybridized carbons (Fsp3) is 0.0385. The molecule has 0 aliphatic rings. The van der Waals surface area contributed by atoms with Crippen molar-refractivity contribution >= 4 is 17.9 Å². The quantitative estimate of drug-likeness (QED) is 0.385. The van der Waals surface area contributed by atoms with Gasteiger partial charge >= 0.3 is 17.9 Å². The van der Waals surface area contributed by atoms with Gasteiger partial charge < -0.3 is 15.3 Å². The average Bonchev–Trinajstić information content (AvgIpc) is 2.84. The van der Waals surface area contributed by atoms with Crippen LogP contribution in [0.3, 0.4) is 0 Å². The first-order chi connectivity index (χ1) is 16.3. The van der Waals surface area contributed by atoms with Gasteiger partial charge in [-0.05, 0) is 31.2 Å². The van der Waals surface area contributed by atoms with Crippen LogP contribution in [0, 0.1) is 6.92 Å². The molecule has 0 spiro atoms. The van der Waals surface area contributed by atoms with E-state index in [0.717, 1.165) is 16.8 Å². The SMILES string of the molecule is Cc1nc(-c2ccccc2)ccc1C(=O)O.O=C(O)c1ccc(-c2ccccc2)nc1C(=O)O. The normalized spacial score (nSPS) is 10.0. The summed E-state index contributed by atoms with van der Waals surface area (Å²) >= 11 is 0. The molecule has 0 saturated carbocycles. The number of carboxylic acid groups (broad SMARTS) is 3. The van der Waals surface area contributed by atoms with Crippen LogP contribution in [0.1, 0.15) is 36.9 Å². The van der Waals surface area contributed by atoms with Crippen molar-refractivity contribution in [2.24, 2.45) is 0 Å². The first-order valence-corrected chi connectivity index (χ1v) is 10.1. The van der Waals surface area contributed by atoms with E-state index in [9.17, 15) is 14.4 Å². The number of aryl methyl sites for hydroxylation is 1. The Morgan fingerprint density at radius 2 is 1.00 bits per heavy atom. The minimum absolute atomic E-state index is 0.250. The first-order valence-electron chi connectivity index (χ1n) is 10.1. The predicted octanol–water partition coefficient (Wildman–Crippen LogP) is 4.90. The smallest absolute Gasteiger partial charge is 0.355 e. The molecule has 0 aliphatic heterocycles. The number of pyridine rings is 2. The molecule has 0 atom stereocenters. The Hall–Kier alpha value is -4.85. The number of aromatic nitrogens is 2. The zero-order chi connectivity index (χ0) is 24.7. The van der Waals surface area contributed by atoms with Gasteiger partial charge in [0.25, 0.3) is 0 Å². The Kier molecular flexibility index (Phi) is 7.45. The number of carbonyl (C=O) groups is 3. The molecule has 0 radical (unpaired) electrons. The van der Waals surface area contributed by atoms with E-state index < -0.39 is 23.6 Å². The van der Waals surface area contributed by atoms with Gasteiger partial charge in [0, 0.05) is 11.1 Å². The highest BCUT2D eigenvalue weighted by molar-refractivity contribution is 6.00. The summed E-state index contributed by atoms with van der Waals surface area (Å²) in [6.07, 6.45) is 0. The van der Waals surface area contributed by atoms with Gasteiger partial charge in [0.05, 0.1) is 28.2 Å². The second kappa shape index (κ2) is 10.6. The highest BCUT2D eigenvalue weighted by atomic mass is 16.4. The largest absolute Gasteiger partial charge is 0.478 e. The van der Waals surface area contributed by atoms with Crippen molar-refractivity contribution in [3.63, 3.8) is 0 Å². The molecule has 3 N–H and O–H groups in total. The standard InChI is InChI=1S/C13H9NO4.C13H11NO2/c15-12(16)9-6-7-10(14-11(9)13(17)18)8-4-2-1-3-5-8;1-9-11(13(15)16)7-8-12(14-9)10-5-3-2-4-6-10/h1-7H,(H,15,16)(H,17,18);2-8H,1H3,(H,15,16). The molecule has 0 bridgehead atoms. The number of hydrogen-bond donors (Lipinski definition) is 3. The molecule has 0 amide bonds. The lowest BCUT2D eigenvalue weighted by molar-refractivity contribution is 0.0646. The topological polar surface area (TPSA) is 138 Å². The molecule has 4 aromatic rings. The van der Waals surface area contributed by atoms with Crippen molar-refractivity contribution in [2.75, 3.05) is 0 Å². The van der Waals surface area contributed by atoms with Crippen LogP contribution in [0.4, 0.5) is 0 Å². The van der Waals surface area contributed by atoms with Crippen molar-refractivity contribution in [1.29, 1.82) is 0 Å². The summed E-state index contributed by atoms with van der Waals surface area (Å²) in [7, 11) is 0. The van der Waals surface area contributed by atoms with Crippen LogP contribution in [0.15, 0.2) is 84.9 Å². The summed E-state index contributed by atoms with van der Waals surface area (Å²) in [6, 6.07) is 24.7. The van der Waals surface area contributed by atoms with Crippen molar-refractivity contribution in [2.45, 2.75) is 6.92 Å². The number of carboxylic acids is 3. The van der Waals surface area contributed by atoms with Crippen LogP contribution in [-0.2, 0) is 0 Å². The van der Waals surface area contributed by atoms with Gasteiger partial charge in [-0.2, -0.15) is 0 Å². The van der Waals surface area contributed by atoms with Gasteiger partial charge in [-0.3, -0.25) is 4.98 Å². The van der Waals surface area contributed by atoms with E-state index in [0.29, 0.717) is 11.4 Å². The zero-order valence-corrected chi connectivity index (χ0v) is 18.0. The van der Waals surface area contributed by atoms with E-state index in [2.05, 4.69) is 9.97 Å². The molecule has 8 nitrogen and oxygen atoms in total. The summed E-state index contributed by atoms with van der Waals surface area (Å²) in [4.78, 5) is 40.9. The van der Waals surface area contributed by atoms with Crippen LogP contribution in [0.5, 0.6) is 0 Å². The molecule has 8 heteroatoms. The van der Waals surface area contributed by atoms with Crippen LogP contribution >= 0.6 is 0 Å². The summed E-state index contributed by atoms with van der Waals surface area (Å²) in [5, 5.41) is 26.7. The molecule has 2 aromatic carbocycles. The van der Waals surface area contributed by atoms with Crippen molar-refractivity contribution in [3.8, 4) is 22.5 Å². The Balaban J connectivity index is 0.000000192. The minimum Gasteiger partial charge on any atom is -0.478 e. The third kappa shape index (κ3) is 5.68. The first kappa shape index (κ1) is 23.8. The second-order valence-electron chi connectivity index (χ2n) is 7.07. The fourth-order valence-electron chi connectivity index (χ4n) is 3.12. The van der Waals surface area contributed by atoms with E-state index in [1.807, 2.05) is 36.4 Å². The molecule has 34 heavy (non-hydrogen) atoms. The lowest BCUT2D eigenvalue weighted by atomic mass is 10.1. The van der Waals surface area contributed by atoms with Crippen molar-refractivity contribution < 1.29 is 29.7 Å². The fourth-order valence-corrected chi connectivity index (χ4v) is 3.12. The second-order valence-corrected chi connectivity index (χ2v) is 7.07. The number of rotatable bonds is 5. The lowest BCUT2D eigenvalue weighted by Gasteiger charge is -2.04. The summed E-state index contributed by atoms with van der Waals surface area (Å²) < 4.78 is 0. The molecular formula is C26H20N2O6. The van der Waals surface area contributed by atoms with Gasteiger partial charge in [-0.1, -0.05) is 60.7 Å². The maximum Gasteiger partial charge on any atom is 0.355 e. The van der Waals surface area contributed by atoms with Crippen LogP contribution < -0.4 is 0 Å². The van der Waals surface area contributed by atoms with E-state index in [4.69, 9.17) is 15.3 Å². The van der Waals surface area contributed by atoms with Crippen molar-refractivity contribution in [3.05, 3.63) is 107 Å². The molecule has 2 heterocycles. The summed E-state index contributed by atoms with van der Waals surface area (Å²) in [5.41, 5.74) is 2.96. The highest BCUT2D eigenvalue weighted by Crippen LogP contribution is 2.20. The molecule has 0 unspecified atom stereocenters. The maximum atomic E-state index is 11.0. The molecule has 4 rings (SSSR count).